The summed E-state index contributed by atoms with van der Waals surface area (Å²) in [6.45, 7) is 6.38. The highest BCUT2D eigenvalue weighted by molar-refractivity contribution is 4.94. The van der Waals surface area contributed by atoms with Crippen LogP contribution in [-0.2, 0) is 0 Å². The van der Waals surface area contributed by atoms with Gasteiger partial charge in [0.05, 0.1) is 0 Å². The number of nitrogens with zero attached hydrogens (tertiary/aromatic N) is 1. The summed E-state index contributed by atoms with van der Waals surface area (Å²) in [5.41, 5.74) is 0. The summed E-state index contributed by atoms with van der Waals surface area (Å²) >= 11 is 0. The molecular weight excluding hydrogens is 162 g/mol. The zero-order valence-electron chi connectivity index (χ0n) is 8.15. The summed E-state index contributed by atoms with van der Waals surface area (Å²) in [6.07, 6.45) is 5.96. The first-order valence-electron chi connectivity index (χ1n) is 5.31. The molecule has 0 saturated heterocycles. The van der Waals surface area contributed by atoms with Crippen LogP contribution < -0.4 is 0 Å². The number of aliphatic hydroxyl groups is 1. The van der Waals surface area contributed by atoms with Crippen LogP contribution in [0.1, 0.15) is 19.3 Å². The molecule has 0 aliphatic heterocycles. The molecule has 74 valence electrons. The number of rotatable bonds is 6. The van der Waals surface area contributed by atoms with Crippen molar-refractivity contribution in [3.63, 3.8) is 0 Å². The summed E-state index contributed by atoms with van der Waals surface area (Å²) in [4.78, 5) is 2.52. The van der Waals surface area contributed by atoms with Crippen molar-refractivity contribution >= 4 is 0 Å². The summed E-state index contributed by atoms with van der Waals surface area (Å²) in [5, 5.41) is 8.93. The Balaban J connectivity index is 1.73. The van der Waals surface area contributed by atoms with Crippen LogP contribution in [0, 0.1) is 11.8 Å². The minimum Gasteiger partial charge on any atom is -0.396 e. The highest BCUT2D eigenvalue weighted by atomic mass is 16.3. The van der Waals surface area contributed by atoms with Gasteiger partial charge in [-0.3, -0.25) is 4.90 Å². The number of hydrogen-bond acceptors (Lipinski definition) is 2. The highest BCUT2D eigenvalue weighted by Crippen LogP contribution is 2.40. The maximum Gasteiger partial charge on any atom is 0.0462 e. The molecule has 1 N–H and O–H groups in total. The molecule has 0 aromatic rings. The van der Waals surface area contributed by atoms with Gasteiger partial charge in [0, 0.05) is 25.7 Å². The van der Waals surface area contributed by atoms with Gasteiger partial charge in [-0.2, -0.15) is 0 Å². The molecule has 2 atom stereocenters. The lowest BCUT2D eigenvalue weighted by Crippen LogP contribution is -2.28. The van der Waals surface area contributed by atoms with E-state index in [1.807, 2.05) is 6.08 Å². The van der Waals surface area contributed by atoms with Gasteiger partial charge in [0.25, 0.3) is 0 Å². The lowest BCUT2D eigenvalue weighted by atomic mass is 10.3. The SMILES string of the molecule is C=CCN(CC1CC1CO)C1CC1. The standard InChI is InChI=1S/C11H19NO/c1-2-5-12(11-3-4-11)7-9-6-10(9)8-13/h2,9-11,13H,1,3-8H2. The molecule has 0 spiro atoms. The van der Waals surface area contributed by atoms with Crippen molar-refractivity contribution in [2.75, 3.05) is 19.7 Å². The highest BCUT2D eigenvalue weighted by Gasteiger charge is 2.40. The van der Waals surface area contributed by atoms with Crippen LogP contribution in [0.25, 0.3) is 0 Å². The van der Waals surface area contributed by atoms with E-state index in [-0.39, 0.29) is 0 Å². The predicted molar refractivity (Wildman–Crippen MR) is 53.5 cm³/mol. The second-order valence-electron chi connectivity index (χ2n) is 4.41. The molecular formula is C11H19NO. The number of aliphatic hydroxyl groups excluding tert-OH is 1. The number of hydrogen-bond donors (Lipinski definition) is 1. The van der Waals surface area contributed by atoms with Crippen molar-refractivity contribution in [3.8, 4) is 0 Å². The van der Waals surface area contributed by atoms with Crippen LogP contribution in [0.2, 0.25) is 0 Å². The van der Waals surface area contributed by atoms with Gasteiger partial charge in [-0.1, -0.05) is 6.08 Å². The lowest BCUT2D eigenvalue weighted by Gasteiger charge is -2.19. The molecule has 2 heteroatoms. The first-order valence-corrected chi connectivity index (χ1v) is 5.31. The van der Waals surface area contributed by atoms with Crippen molar-refractivity contribution in [1.29, 1.82) is 0 Å². The summed E-state index contributed by atoms with van der Waals surface area (Å²) in [7, 11) is 0. The van der Waals surface area contributed by atoms with Crippen LogP contribution in [-0.4, -0.2) is 35.7 Å². The third-order valence-corrected chi connectivity index (χ3v) is 3.20. The molecule has 2 aliphatic rings. The van der Waals surface area contributed by atoms with E-state index in [0.717, 1.165) is 18.5 Å². The van der Waals surface area contributed by atoms with E-state index in [1.165, 1.54) is 25.8 Å². The monoisotopic (exact) mass is 181 g/mol. The minimum atomic E-state index is 0.386. The quantitative estimate of drug-likeness (QED) is 0.624. The van der Waals surface area contributed by atoms with Gasteiger partial charge < -0.3 is 5.11 Å². The largest absolute Gasteiger partial charge is 0.396 e. The van der Waals surface area contributed by atoms with Gasteiger partial charge in [-0.15, -0.1) is 6.58 Å². The molecule has 2 nitrogen and oxygen atoms in total. The molecule has 2 unspecified atom stereocenters. The fourth-order valence-electron chi connectivity index (χ4n) is 2.04. The predicted octanol–water partition coefficient (Wildman–Crippen LogP) is 1.27. The molecule has 2 fully saturated rings. The lowest BCUT2D eigenvalue weighted by molar-refractivity contribution is 0.240. The zero-order chi connectivity index (χ0) is 9.26. The van der Waals surface area contributed by atoms with E-state index < -0.39 is 0 Å². The van der Waals surface area contributed by atoms with Gasteiger partial charge in [0.1, 0.15) is 0 Å². The fourth-order valence-corrected chi connectivity index (χ4v) is 2.04. The maximum atomic E-state index is 8.93. The normalized spacial score (nSPS) is 32.2. The van der Waals surface area contributed by atoms with Crippen molar-refractivity contribution in [2.45, 2.75) is 25.3 Å². The summed E-state index contributed by atoms with van der Waals surface area (Å²) in [5.74, 6) is 1.37. The molecule has 0 aromatic heterocycles. The molecule has 2 saturated carbocycles. The molecule has 13 heavy (non-hydrogen) atoms. The average Bonchev–Trinajstić information content (AvgIpc) is 3.00. The van der Waals surface area contributed by atoms with E-state index in [2.05, 4.69) is 11.5 Å². The van der Waals surface area contributed by atoms with Crippen molar-refractivity contribution in [3.05, 3.63) is 12.7 Å². The second-order valence-corrected chi connectivity index (χ2v) is 4.41. The van der Waals surface area contributed by atoms with E-state index >= 15 is 0 Å². The van der Waals surface area contributed by atoms with E-state index in [4.69, 9.17) is 5.11 Å². The molecule has 2 rings (SSSR count). The van der Waals surface area contributed by atoms with Crippen LogP contribution in [0.15, 0.2) is 12.7 Å². The first-order chi connectivity index (χ1) is 6.35. The Morgan fingerprint density at radius 1 is 1.38 bits per heavy atom. The Kier molecular flexibility index (Phi) is 2.70. The maximum absolute atomic E-state index is 8.93. The summed E-state index contributed by atoms with van der Waals surface area (Å²) in [6, 6.07) is 0.831. The van der Waals surface area contributed by atoms with E-state index in [0.29, 0.717) is 12.5 Å². The second kappa shape index (κ2) is 3.81. The molecule has 0 amide bonds. The smallest absolute Gasteiger partial charge is 0.0462 e. The van der Waals surface area contributed by atoms with Gasteiger partial charge in [0.2, 0.25) is 0 Å². The van der Waals surface area contributed by atoms with Crippen LogP contribution in [0.4, 0.5) is 0 Å². The molecule has 0 aromatic carbocycles. The first kappa shape index (κ1) is 9.22. The van der Waals surface area contributed by atoms with Gasteiger partial charge >= 0.3 is 0 Å². The van der Waals surface area contributed by atoms with Crippen LogP contribution >= 0.6 is 0 Å². The zero-order valence-corrected chi connectivity index (χ0v) is 8.15. The Morgan fingerprint density at radius 3 is 2.62 bits per heavy atom. The molecule has 0 heterocycles. The molecule has 2 aliphatic carbocycles. The van der Waals surface area contributed by atoms with Crippen molar-refractivity contribution in [1.82, 2.24) is 4.90 Å². The third kappa shape index (κ3) is 2.32. The van der Waals surface area contributed by atoms with Gasteiger partial charge in [0.15, 0.2) is 0 Å². The van der Waals surface area contributed by atoms with Crippen LogP contribution in [0.5, 0.6) is 0 Å². The van der Waals surface area contributed by atoms with Crippen molar-refractivity contribution in [2.24, 2.45) is 11.8 Å². The Bertz CT molecular complexity index is 189. The Morgan fingerprint density at radius 2 is 2.15 bits per heavy atom. The Hall–Kier alpha value is -0.340. The topological polar surface area (TPSA) is 23.5 Å². The summed E-state index contributed by atoms with van der Waals surface area (Å²) < 4.78 is 0. The fraction of sp³-hybridized carbons (Fsp3) is 0.818. The molecule has 0 radical (unpaired) electrons. The minimum absolute atomic E-state index is 0.386. The van der Waals surface area contributed by atoms with Crippen LogP contribution in [0.3, 0.4) is 0 Å². The van der Waals surface area contributed by atoms with Crippen molar-refractivity contribution < 1.29 is 5.11 Å². The van der Waals surface area contributed by atoms with Gasteiger partial charge in [-0.25, -0.2) is 0 Å². The Labute approximate surface area is 80.2 Å². The third-order valence-electron chi connectivity index (χ3n) is 3.20. The average molecular weight is 181 g/mol. The molecule has 0 bridgehead atoms. The van der Waals surface area contributed by atoms with Gasteiger partial charge in [-0.05, 0) is 31.1 Å². The van der Waals surface area contributed by atoms with E-state index in [1.54, 1.807) is 0 Å². The van der Waals surface area contributed by atoms with E-state index in [9.17, 15) is 0 Å².